The predicted octanol–water partition coefficient (Wildman–Crippen LogP) is 5.71. The van der Waals surface area contributed by atoms with E-state index in [0.717, 1.165) is 24.0 Å². The third-order valence-electron chi connectivity index (χ3n) is 8.07. The lowest BCUT2D eigenvalue weighted by Crippen LogP contribution is -2.43. The number of nitrogens with one attached hydrogen (secondary N) is 3. The number of carbonyl (C=O) groups excluding carboxylic acids is 4. The van der Waals surface area contributed by atoms with E-state index < -0.39 is 18.4 Å². The van der Waals surface area contributed by atoms with E-state index in [1.54, 1.807) is 12.1 Å². The van der Waals surface area contributed by atoms with Crippen LogP contribution in [-0.4, -0.2) is 72.2 Å². The minimum absolute atomic E-state index is 0.0465. The van der Waals surface area contributed by atoms with Crippen molar-refractivity contribution in [2.75, 3.05) is 33.3 Å². The van der Waals surface area contributed by atoms with Gasteiger partial charge in [-0.2, -0.15) is 0 Å². The number of rotatable bonds is 17. The van der Waals surface area contributed by atoms with Crippen molar-refractivity contribution < 1.29 is 28.7 Å². The molecular weight excluding hydrogens is 608 g/mol. The Morgan fingerprint density at radius 1 is 0.854 bits per heavy atom. The fourth-order valence-corrected chi connectivity index (χ4v) is 5.31. The number of amides is 1. The van der Waals surface area contributed by atoms with Crippen molar-refractivity contribution in [3.63, 3.8) is 0 Å². The van der Waals surface area contributed by atoms with Gasteiger partial charge in [0.2, 0.25) is 0 Å². The number of esters is 1. The Morgan fingerprint density at radius 3 is 2.15 bits per heavy atom. The molecule has 254 valence electrons. The third-order valence-corrected chi connectivity index (χ3v) is 8.07. The van der Waals surface area contributed by atoms with Crippen LogP contribution in [0.3, 0.4) is 0 Å². The Kier molecular flexibility index (Phi) is 12.7. The molecule has 3 aromatic carbocycles. The van der Waals surface area contributed by atoms with E-state index in [1.807, 2.05) is 60.7 Å². The zero-order chi connectivity index (χ0) is 34.7. The molecule has 0 saturated carbocycles. The second-order valence-electron chi connectivity index (χ2n) is 12.7. The van der Waals surface area contributed by atoms with Crippen LogP contribution < -0.4 is 15.4 Å². The van der Waals surface area contributed by atoms with E-state index in [4.69, 9.17) is 4.74 Å². The van der Waals surface area contributed by atoms with Gasteiger partial charge in [-0.1, -0.05) is 74.0 Å². The van der Waals surface area contributed by atoms with Crippen molar-refractivity contribution >= 4 is 34.3 Å². The van der Waals surface area contributed by atoms with Gasteiger partial charge >= 0.3 is 5.97 Å². The van der Waals surface area contributed by atoms with Crippen LogP contribution in [0.5, 0.6) is 5.75 Å². The van der Waals surface area contributed by atoms with E-state index in [-0.39, 0.29) is 48.1 Å². The summed E-state index contributed by atoms with van der Waals surface area (Å²) in [5.74, 6) is -1.53. The normalized spacial score (nSPS) is 11.5. The van der Waals surface area contributed by atoms with Gasteiger partial charge in [0.15, 0.2) is 11.6 Å². The Bertz CT molecular complexity index is 1710. The molecule has 0 aliphatic carbocycles. The Morgan fingerprint density at radius 2 is 1.52 bits per heavy atom. The number of ketones is 2. The van der Waals surface area contributed by atoms with Crippen LogP contribution in [0.25, 0.3) is 10.9 Å². The zero-order valence-electron chi connectivity index (χ0n) is 28.5. The van der Waals surface area contributed by atoms with E-state index >= 15 is 0 Å². The van der Waals surface area contributed by atoms with Crippen LogP contribution in [0.4, 0.5) is 0 Å². The highest BCUT2D eigenvalue weighted by Crippen LogP contribution is 2.35. The first-order chi connectivity index (χ1) is 23.0. The molecule has 1 amide bonds. The van der Waals surface area contributed by atoms with Gasteiger partial charge in [-0.3, -0.25) is 24.1 Å². The maximum Gasteiger partial charge on any atom is 0.325 e. The molecule has 0 unspecified atom stereocenters. The van der Waals surface area contributed by atoms with Gasteiger partial charge < -0.3 is 25.1 Å². The zero-order valence-corrected chi connectivity index (χ0v) is 28.5. The van der Waals surface area contributed by atoms with Crippen molar-refractivity contribution in [2.24, 2.45) is 0 Å². The van der Waals surface area contributed by atoms with E-state index in [2.05, 4.69) is 52.9 Å². The van der Waals surface area contributed by atoms with Crippen molar-refractivity contribution in [3.8, 4) is 5.75 Å². The number of unbranched alkanes of at least 4 members (excludes halogenated alkanes) is 1. The second-order valence-corrected chi connectivity index (χ2v) is 12.7. The molecule has 4 aromatic rings. The number of aromatic nitrogens is 1. The van der Waals surface area contributed by atoms with Crippen molar-refractivity contribution in [2.45, 2.75) is 59.2 Å². The molecule has 4 rings (SSSR count). The monoisotopic (exact) mass is 654 g/mol. The number of fused-ring (bicyclic) bond motifs is 1. The Balaban J connectivity index is 1.83. The molecule has 3 N–H and O–H groups in total. The van der Waals surface area contributed by atoms with Crippen molar-refractivity contribution in [1.29, 1.82) is 0 Å². The standard InChI is InChI=1S/C38H46N4O6/c1-6-7-20-39-21-29(43)34-33-28(30(44)24-42(38(2,3)4)23-26-14-10-8-11-15-26)18-19-31(48-25-27-16-12-9-13-17-27)35(33)41-36(34)37(46)40-22-32(45)47-5/h8-19,39,41H,6-7,20-25H2,1-5H3,(H,40,46). The number of H-pyrrole nitrogens is 1. The SMILES string of the molecule is CCCCNCC(=O)c1c(C(=O)NCC(=O)OC)[nH]c2c(OCc3ccccc3)ccc(C(=O)CN(Cc3ccccc3)C(C)(C)C)c12. The quantitative estimate of drug-likeness (QED) is 0.0751. The van der Waals surface area contributed by atoms with Crippen LogP contribution in [0.15, 0.2) is 72.8 Å². The first-order valence-electron chi connectivity index (χ1n) is 16.3. The fraction of sp³-hybridized carbons (Fsp3) is 0.368. The fourth-order valence-electron chi connectivity index (χ4n) is 5.31. The molecule has 10 nitrogen and oxygen atoms in total. The maximum absolute atomic E-state index is 14.3. The van der Waals surface area contributed by atoms with Crippen LogP contribution in [0, 0.1) is 0 Å². The van der Waals surface area contributed by atoms with Gasteiger partial charge in [0.1, 0.15) is 24.6 Å². The molecule has 0 aliphatic heterocycles. The number of Topliss-reactive ketones (excluding diaryl/α,β-unsaturated/α-hetero) is 2. The molecule has 0 saturated heterocycles. The highest BCUT2D eigenvalue weighted by molar-refractivity contribution is 6.23. The molecule has 0 fully saturated rings. The molecular formula is C38H46N4O6. The van der Waals surface area contributed by atoms with Crippen molar-refractivity contribution in [1.82, 2.24) is 20.5 Å². The van der Waals surface area contributed by atoms with Gasteiger partial charge in [-0.15, -0.1) is 0 Å². The molecule has 0 atom stereocenters. The first kappa shape index (κ1) is 36.0. The summed E-state index contributed by atoms with van der Waals surface area (Å²) in [6.07, 6.45) is 1.82. The maximum atomic E-state index is 14.3. The topological polar surface area (TPSA) is 130 Å². The lowest BCUT2D eigenvalue weighted by Gasteiger charge is -2.35. The van der Waals surface area contributed by atoms with Crippen LogP contribution >= 0.6 is 0 Å². The first-order valence-corrected chi connectivity index (χ1v) is 16.3. The second kappa shape index (κ2) is 16.9. The van der Waals surface area contributed by atoms with Crippen LogP contribution in [0.1, 0.15) is 82.9 Å². The number of methoxy groups -OCH3 is 1. The Hall–Kier alpha value is -4.80. The average molecular weight is 655 g/mol. The third kappa shape index (κ3) is 9.39. The molecule has 1 heterocycles. The molecule has 0 radical (unpaired) electrons. The molecule has 0 spiro atoms. The number of benzene rings is 3. The number of hydrogen-bond donors (Lipinski definition) is 3. The minimum atomic E-state index is -0.679. The average Bonchev–Trinajstić information content (AvgIpc) is 3.49. The number of hydrogen-bond acceptors (Lipinski definition) is 8. The summed E-state index contributed by atoms with van der Waals surface area (Å²) >= 11 is 0. The van der Waals surface area contributed by atoms with Gasteiger partial charge in [-0.25, -0.2) is 0 Å². The smallest absolute Gasteiger partial charge is 0.325 e. The lowest BCUT2D eigenvalue weighted by molar-refractivity contribution is -0.139. The summed E-state index contributed by atoms with van der Waals surface area (Å²) in [6, 6.07) is 22.9. The van der Waals surface area contributed by atoms with Crippen LogP contribution in [-0.2, 0) is 22.7 Å². The highest BCUT2D eigenvalue weighted by atomic mass is 16.5. The minimum Gasteiger partial charge on any atom is -0.487 e. The van der Waals surface area contributed by atoms with E-state index in [9.17, 15) is 19.2 Å². The summed E-state index contributed by atoms with van der Waals surface area (Å²) in [6.45, 7) is 9.22. The summed E-state index contributed by atoms with van der Waals surface area (Å²) < 4.78 is 10.9. The predicted molar refractivity (Wildman–Crippen MR) is 186 cm³/mol. The molecule has 10 heteroatoms. The summed E-state index contributed by atoms with van der Waals surface area (Å²) in [5.41, 5.74) is 2.28. The van der Waals surface area contributed by atoms with Crippen molar-refractivity contribution in [3.05, 3.63) is 101 Å². The van der Waals surface area contributed by atoms with Gasteiger partial charge in [-0.05, 0) is 57.0 Å². The molecule has 48 heavy (non-hydrogen) atoms. The number of aromatic amines is 1. The summed E-state index contributed by atoms with van der Waals surface area (Å²) in [5, 5.41) is 6.01. The lowest BCUT2D eigenvalue weighted by atomic mass is 9.96. The molecule has 1 aromatic heterocycles. The number of ether oxygens (including phenoxy) is 2. The largest absolute Gasteiger partial charge is 0.487 e. The van der Waals surface area contributed by atoms with Gasteiger partial charge in [0.25, 0.3) is 5.91 Å². The van der Waals surface area contributed by atoms with E-state index in [1.165, 1.54) is 7.11 Å². The summed E-state index contributed by atoms with van der Waals surface area (Å²) in [7, 11) is 1.22. The van der Waals surface area contributed by atoms with Crippen LogP contribution in [0.2, 0.25) is 0 Å². The number of nitrogens with zero attached hydrogens (tertiary/aromatic N) is 1. The Labute approximate surface area is 282 Å². The van der Waals surface area contributed by atoms with Gasteiger partial charge in [0.05, 0.1) is 31.3 Å². The molecule has 0 bridgehead atoms. The summed E-state index contributed by atoms with van der Waals surface area (Å²) in [4.78, 5) is 58.9. The van der Waals surface area contributed by atoms with Gasteiger partial charge in [0, 0.05) is 23.0 Å². The highest BCUT2D eigenvalue weighted by Gasteiger charge is 2.31. The number of carbonyl (C=O) groups is 4. The van der Waals surface area contributed by atoms with E-state index in [0.29, 0.717) is 35.3 Å². The molecule has 0 aliphatic rings.